The van der Waals surface area contributed by atoms with Crippen LogP contribution < -0.4 is 0 Å². The van der Waals surface area contributed by atoms with E-state index in [2.05, 4.69) is 19.9 Å². The lowest BCUT2D eigenvalue weighted by Gasteiger charge is -2.40. The van der Waals surface area contributed by atoms with Gasteiger partial charge >= 0.3 is 0 Å². The lowest BCUT2D eigenvalue weighted by molar-refractivity contribution is 0.199. The first-order chi connectivity index (χ1) is 11.4. The normalized spacial score (nSPS) is 20.1. The van der Waals surface area contributed by atoms with E-state index in [1.807, 2.05) is 31.2 Å². The van der Waals surface area contributed by atoms with Crippen molar-refractivity contribution in [1.82, 2.24) is 0 Å². The van der Waals surface area contributed by atoms with Crippen molar-refractivity contribution in [3.8, 4) is 11.1 Å². The second kappa shape index (κ2) is 6.68. The number of benzene rings is 2. The van der Waals surface area contributed by atoms with E-state index in [1.165, 1.54) is 24.8 Å². The highest BCUT2D eigenvalue weighted by Gasteiger charge is 2.35. The Morgan fingerprint density at radius 1 is 1.08 bits per heavy atom. The highest BCUT2D eigenvalue weighted by molar-refractivity contribution is 5.70. The van der Waals surface area contributed by atoms with Crippen LogP contribution in [0.1, 0.15) is 62.1 Å². The highest BCUT2D eigenvalue weighted by atomic mass is 19.1. The molecule has 1 atom stereocenters. The first kappa shape index (κ1) is 17.2. The molecule has 128 valence electrons. The van der Waals surface area contributed by atoms with Crippen molar-refractivity contribution in [3.05, 3.63) is 58.9 Å². The Bertz CT molecular complexity index is 733. The largest absolute Gasteiger partial charge is 0.392 e. The maximum Gasteiger partial charge on any atom is 0.131 e. The Hall–Kier alpha value is -1.67. The molecular weight excluding hydrogens is 299 g/mol. The number of halogens is 1. The van der Waals surface area contributed by atoms with Crippen molar-refractivity contribution in [2.75, 3.05) is 0 Å². The minimum Gasteiger partial charge on any atom is -0.392 e. The van der Waals surface area contributed by atoms with E-state index in [4.69, 9.17) is 0 Å². The van der Waals surface area contributed by atoms with Gasteiger partial charge in [0.2, 0.25) is 0 Å². The summed E-state index contributed by atoms with van der Waals surface area (Å²) in [6.45, 7) is 6.66. The average molecular weight is 326 g/mol. The Balaban J connectivity index is 2.18. The molecule has 1 aliphatic carbocycles. The van der Waals surface area contributed by atoms with Gasteiger partial charge in [-0.05, 0) is 59.9 Å². The number of hydrogen-bond donors (Lipinski definition) is 1. The Kier molecular flexibility index (Phi) is 4.78. The maximum atomic E-state index is 14.5. The molecule has 0 heterocycles. The minimum atomic E-state index is -0.174. The van der Waals surface area contributed by atoms with E-state index in [9.17, 15) is 9.50 Å². The molecule has 0 spiro atoms. The molecule has 24 heavy (non-hydrogen) atoms. The van der Waals surface area contributed by atoms with Crippen LogP contribution in [0.4, 0.5) is 4.39 Å². The quantitative estimate of drug-likeness (QED) is 0.736. The zero-order chi connectivity index (χ0) is 17.3. The molecule has 0 unspecified atom stereocenters. The molecule has 1 saturated carbocycles. The molecule has 0 bridgehead atoms. The number of aliphatic hydroxyl groups is 1. The van der Waals surface area contributed by atoms with Crippen molar-refractivity contribution in [2.45, 2.75) is 59.0 Å². The molecular formula is C22H27FO. The fourth-order valence-electron chi connectivity index (χ4n) is 4.16. The summed E-state index contributed by atoms with van der Waals surface area (Å²) < 4.78 is 14.5. The summed E-state index contributed by atoms with van der Waals surface area (Å²) in [5, 5.41) is 9.58. The number of aryl methyl sites for hydroxylation is 1. The predicted molar refractivity (Wildman–Crippen MR) is 97.5 cm³/mol. The van der Waals surface area contributed by atoms with E-state index in [0.29, 0.717) is 11.5 Å². The molecule has 3 rings (SSSR count). The number of aliphatic hydroxyl groups excluding tert-OH is 1. The fourth-order valence-corrected chi connectivity index (χ4v) is 4.16. The van der Waals surface area contributed by atoms with Crippen molar-refractivity contribution in [1.29, 1.82) is 0 Å². The van der Waals surface area contributed by atoms with Gasteiger partial charge in [-0.2, -0.15) is 0 Å². The third-order valence-electron chi connectivity index (χ3n) is 5.59. The molecule has 0 radical (unpaired) electrons. The van der Waals surface area contributed by atoms with Crippen LogP contribution in [0.2, 0.25) is 0 Å². The third-order valence-corrected chi connectivity index (χ3v) is 5.59. The molecule has 2 aromatic rings. The van der Waals surface area contributed by atoms with E-state index >= 15 is 0 Å². The van der Waals surface area contributed by atoms with Gasteiger partial charge in [-0.3, -0.25) is 0 Å². The zero-order valence-electron chi connectivity index (χ0n) is 14.9. The van der Waals surface area contributed by atoms with Gasteiger partial charge in [-0.15, -0.1) is 0 Å². The molecule has 0 amide bonds. The van der Waals surface area contributed by atoms with Crippen molar-refractivity contribution < 1.29 is 9.50 Å². The second-order valence-electron chi connectivity index (χ2n) is 7.85. The SMILES string of the molecule is Cc1ccc(F)c(-c2ccc(CO)cc2[C@@H]2CCCCC2(C)C)c1. The van der Waals surface area contributed by atoms with E-state index in [-0.39, 0.29) is 17.8 Å². The van der Waals surface area contributed by atoms with Crippen LogP contribution in [-0.4, -0.2) is 5.11 Å². The fraction of sp³-hybridized carbons (Fsp3) is 0.455. The molecule has 2 aromatic carbocycles. The highest BCUT2D eigenvalue weighted by Crippen LogP contribution is 2.49. The summed E-state index contributed by atoms with van der Waals surface area (Å²) >= 11 is 0. The van der Waals surface area contributed by atoms with Crippen molar-refractivity contribution in [3.63, 3.8) is 0 Å². The van der Waals surface area contributed by atoms with E-state index in [1.54, 1.807) is 6.07 Å². The molecule has 0 aliphatic heterocycles. The van der Waals surface area contributed by atoms with Gasteiger partial charge in [0.25, 0.3) is 0 Å². The van der Waals surface area contributed by atoms with Crippen LogP contribution in [0.15, 0.2) is 36.4 Å². The summed E-state index contributed by atoms with van der Waals surface area (Å²) in [4.78, 5) is 0. The monoisotopic (exact) mass is 326 g/mol. The molecule has 1 N–H and O–H groups in total. The zero-order valence-corrected chi connectivity index (χ0v) is 14.9. The Morgan fingerprint density at radius 2 is 1.88 bits per heavy atom. The van der Waals surface area contributed by atoms with Crippen molar-refractivity contribution >= 4 is 0 Å². The Labute approximate surface area is 144 Å². The lowest BCUT2D eigenvalue weighted by atomic mass is 9.65. The molecule has 1 aliphatic rings. The van der Waals surface area contributed by atoms with Gasteiger partial charge in [0, 0.05) is 5.56 Å². The van der Waals surface area contributed by atoms with Gasteiger partial charge in [-0.1, -0.05) is 56.5 Å². The summed E-state index contributed by atoms with van der Waals surface area (Å²) in [6, 6.07) is 11.3. The summed E-state index contributed by atoms with van der Waals surface area (Å²) in [6.07, 6.45) is 4.80. The third kappa shape index (κ3) is 3.25. The van der Waals surface area contributed by atoms with E-state index < -0.39 is 0 Å². The number of hydrogen-bond acceptors (Lipinski definition) is 1. The molecule has 1 nitrogen and oxygen atoms in total. The summed E-state index contributed by atoms with van der Waals surface area (Å²) in [5.41, 5.74) is 5.01. The van der Waals surface area contributed by atoms with Gasteiger partial charge in [0.1, 0.15) is 5.82 Å². The van der Waals surface area contributed by atoms with Gasteiger partial charge in [-0.25, -0.2) is 4.39 Å². The van der Waals surface area contributed by atoms with Crippen LogP contribution in [0, 0.1) is 18.2 Å². The average Bonchev–Trinajstić information content (AvgIpc) is 2.56. The number of rotatable bonds is 3. The van der Waals surface area contributed by atoms with Crippen LogP contribution >= 0.6 is 0 Å². The van der Waals surface area contributed by atoms with Gasteiger partial charge < -0.3 is 5.11 Å². The van der Waals surface area contributed by atoms with Crippen LogP contribution in [0.5, 0.6) is 0 Å². The topological polar surface area (TPSA) is 20.2 Å². The summed E-state index contributed by atoms with van der Waals surface area (Å²) in [7, 11) is 0. The van der Waals surface area contributed by atoms with Gasteiger partial charge in [0.05, 0.1) is 6.61 Å². The first-order valence-electron chi connectivity index (χ1n) is 8.92. The lowest BCUT2D eigenvalue weighted by Crippen LogP contribution is -2.26. The molecule has 0 saturated heterocycles. The molecule has 0 aromatic heterocycles. The van der Waals surface area contributed by atoms with Crippen LogP contribution in [-0.2, 0) is 6.61 Å². The van der Waals surface area contributed by atoms with E-state index in [0.717, 1.165) is 23.1 Å². The predicted octanol–water partition coefficient (Wildman–Crippen LogP) is 5.98. The first-order valence-corrected chi connectivity index (χ1v) is 8.92. The van der Waals surface area contributed by atoms with Crippen LogP contribution in [0.25, 0.3) is 11.1 Å². The molecule has 1 fully saturated rings. The summed E-state index contributed by atoms with van der Waals surface area (Å²) in [5.74, 6) is 0.222. The van der Waals surface area contributed by atoms with Crippen LogP contribution in [0.3, 0.4) is 0 Å². The minimum absolute atomic E-state index is 0.0245. The van der Waals surface area contributed by atoms with Gasteiger partial charge in [0.15, 0.2) is 0 Å². The Morgan fingerprint density at radius 3 is 2.58 bits per heavy atom. The second-order valence-corrected chi connectivity index (χ2v) is 7.85. The maximum absolute atomic E-state index is 14.5. The standard InChI is InChI=1S/C22H27FO/c1-15-7-10-21(23)19(12-15)17-9-8-16(14-24)13-18(17)20-6-4-5-11-22(20,2)3/h7-10,12-13,20,24H,4-6,11,14H2,1-3H3/t20-/m0/s1. The van der Waals surface area contributed by atoms with Crippen molar-refractivity contribution in [2.24, 2.45) is 5.41 Å². The molecule has 2 heteroatoms. The smallest absolute Gasteiger partial charge is 0.131 e.